The molecule has 1 aromatic heterocycles. The number of Topliss-reactive ketones (excluding diaryl/α,β-unsaturated/α-hetero) is 1. The van der Waals surface area contributed by atoms with Crippen LogP contribution in [0, 0.1) is 0 Å². The van der Waals surface area contributed by atoms with Crippen molar-refractivity contribution in [1.82, 2.24) is 19.7 Å². The lowest BCUT2D eigenvalue weighted by Crippen LogP contribution is -2.34. The van der Waals surface area contributed by atoms with Crippen molar-refractivity contribution in [1.29, 1.82) is 0 Å². The van der Waals surface area contributed by atoms with E-state index in [-0.39, 0.29) is 5.78 Å². The number of benzene rings is 1. The quantitative estimate of drug-likeness (QED) is 0.809. The fourth-order valence-electron chi connectivity index (χ4n) is 2.96. The van der Waals surface area contributed by atoms with Crippen molar-refractivity contribution in [2.75, 3.05) is 13.1 Å². The van der Waals surface area contributed by atoms with Crippen LogP contribution in [0.4, 0.5) is 0 Å². The van der Waals surface area contributed by atoms with Crippen LogP contribution in [0.15, 0.2) is 36.7 Å². The zero-order valence-corrected chi connectivity index (χ0v) is 12.3. The molecule has 0 N–H and O–H groups in total. The van der Waals surface area contributed by atoms with Gasteiger partial charge in [-0.1, -0.05) is 30.3 Å². The molecular weight excluding hydrogens is 264 g/mol. The average molecular weight is 284 g/mol. The first-order valence-corrected chi connectivity index (χ1v) is 7.41. The van der Waals surface area contributed by atoms with Crippen molar-refractivity contribution < 1.29 is 4.79 Å². The molecule has 1 fully saturated rings. The van der Waals surface area contributed by atoms with E-state index in [1.54, 1.807) is 13.3 Å². The van der Waals surface area contributed by atoms with E-state index < -0.39 is 0 Å². The molecule has 0 radical (unpaired) electrons. The first-order valence-electron chi connectivity index (χ1n) is 7.41. The Morgan fingerprint density at radius 2 is 1.95 bits per heavy atom. The summed E-state index contributed by atoms with van der Waals surface area (Å²) in [6.07, 6.45) is 3.75. The zero-order chi connectivity index (χ0) is 14.7. The van der Waals surface area contributed by atoms with Gasteiger partial charge in [-0.25, -0.2) is 0 Å². The Kier molecular flexibility index (Phi) is 4.10. The van der Waals surface area contributed by atoms with Gasteiger partial charge in [0.15, 0.2) is 11.6 Å². The summed E-state index contributed by atoms with van der Waals surface area (Å²) in [5, 5.41) is 7.81. The summed E-state index contributed by atoms with van der Waals surface area (Å²) in [6, 6.07) is 10.9. The third kappa shape index (κ3) is 3.19. The Morgan fingerprint density at radius 1 is 1.24 bits per heavy atom. The van der Waals surface area contributed by atoms with Gasteiger partial charge < -0.3 is 4.57 Å². The van der Waals surface area contributed by atoms with Crippen LogP contribution in [0.1, 0.15) is 42.0 Å². The fourth-order valence-corrected chi connectivity index (χ4v) is 2.96. The molecule has 0 atom stereocenters. The molecule has 1 aliphatic rings. The molecule has 21 heavy (non-hydrogen) atoms. The monoisotopic (exact) mass is 284 g/mol. The molecule has 0 spiro atoms. The summed E-state index contributed by atoms with van der Waals surface area (Å²) in [6.45, 7) is 4.62. The number of rotatable bonds is 4. The molecule has 2 heterocycles. The standard InChI is InChI=1S/C16H20N4O/c1-13(21)16-18-17-12-20(16)15-7-9-19(10-8-15)11-14-5-3-2-4-6-14/h2-6,12,15H,7-11H2,1H3. The molecule has 0 bridgehead atoms. The Bertz CT molecular complexity index is 600. The molecule has 3 rings (SSSR count). The van der Waals surface area contributed by atoms with Crippen LogP contribution < -0.4 is 0 Å². The lowest BCUT2D eigenvalue weighted by Gasteiger charge is -2.32. The van der Waals surface area contributed by atoms with Crippen LogP contribution in [0.5, 0.6) is 0 Å². The third-order valence-corrected chi connectivity index (χ3v) is 4.09. The summed E-state index contributed by atoms with van der Waals surface area (Å²) in [4.78, 5) is 14.0. The van der Waals surface area contributed by atoms with Crippen LogP contribution in [-0.4, -0.2) is 38.5 Å². The highest BCUT2D eigenvalue weighted by atomic mass is 16.1. The molecule has 5 nitrogen and oxygen atoms in total. The van der Waals surface area contributed by atoms with E-state index in [1.165, 1.54) is 5.56 Å². The number of carbonyl (C=O) groups is 1. The maximum atomic E-state index is 11.5. The van der Waals surface area contributed by atoms with Crippen molar-refractivity contribution in [3.63, 3.8) is 0 Å². The lowest BCUT2D eigenvalue weighted by atomic mass is 10.0. The maximum Gasteiger partial charge on any atom is 0.199 e. The Labute approximate surface area is 124 Å². The molecule has 1 aliphatic heterocycles. The molecule has 0 saturated carbocycles. The number of nitrogens with zero attached hydrogens (tertiary/aromatic N) is 4. The number of aromatic nitrogens is 3. The molecule has 5 heteroatoms. The molecule has 1 saturated heterocycles. The van der Waals surface area contributed by atoms with Gasteiger partial charge >= 0.3 is 0 Å². The summed E-state index contributed by atoms with van der Waals surface area (Å²) < 4.78 is 1.95. The summed E-state index contributed by atoms with van der Waals surface area (Å²) in [5.74, 6) is 0.468. The third-order valence-electron chi connectivity index (χ3n) is 4.09. The van der Waals surface area contributed by atoms with Gasteiger partial charge in [0.25, 0.3) is 0 Å². The van der Waals surface area contributed by atoms with E-state index in [1.807, 2.05) is 10.6 Å². The first-order chi connectivity index (χ1) is 10.2. The normalized spacial score (nSPS) is 17.0. The van der Waals surface area contributed by atoms with Gasteiger partial charge in [0, 0.05) is 32.6 Å². The van der Waals surface area contributed by atoms with Crippen molar-refractivity contribution >= 4 is 5.78 Å². The van der Waals surface area contributed by atoms with Crippen molar-refractivity contribution in [2.45, 2.75) is 32.4 Å². The summed E-state index contributed by atoms with van der Waals surface area (Å²) in [5.41, 5.74) is 1.35. The molecule has 110 valence electrons. The van der Waals surface area contributed by atoms with Gasteiger partial charge in [0.1, 0.15) is 6.33 Å². The van der Waals surface area contributed by atoms with E-state index in [4.69, 9.17) is 0 Å². The summed E-state index contributed by atoms with van der Waals surface area (Å²) >= 11 is 0. The number of hydrogen-bond donors (Lipinski definition) is 0. The first kappa shape index (κ1) is 13.9. The van der Waals surface area contributed by atoms with Gasteiger partial charge in [-0.3, -0.25) is 9.69 Å². The predicted molar refractivity (Wildman–Crippen MR) is 80.0 cm³/mol. The van der Waals surface area contributed by atoms with E-state index in [0.717, 1.165) is 32.5 Å². The molecule has 1 aromatic carbocycles. The molecule has 2 aromatic rings. The minimum absolute atomic E-state index is 0.0146. The van der Waals surface area contributed by atoms with Crippen LogP contribution >= 0.6 is 0 Å². The van der Waals surface area contributed by atoms with Gasteiger partial charge in [-0.15, -0.1) is 10.2 Å². The van der Waals surface area contributed by atoms with E-state index in [2.05, 4.69) is 39.4 Å². The Hall–Kier alpha value is -2.01. The Morgan fingerprint density at radius 3 is 2.62 bits per heavy atom. The maximum absolute atomic E-state index is 11.5. The number of ketones is 1. The highest BCUT2D eigenvalue weighted by Gasteiger charge is 2.23. The second kappa shape index (κ2) is 6.18. The molecule has 0 unspecified atom stereocenters. The van der Waals surface area contributed by atoms with E-state index >= 15 is 0 Å². The van der Waals surface area contributed by atoms with Crippen molar-refractivity contribution in [3.05, 3.63) is 48.0 Å². The lowest BCUT2D eigenvalue weighted by molar-refractivity contribution is 0.0991. The summed E-state index contributed by atoms with van der Waals surface area (Å²) in [7, 11) is 0. The van der Waals surface area contributed by atoms with Crippen LogP contribution in [0.25, 0.3) is 0 Å². The number of hydrogen-bond acceptors (Lipinski definition) is 4. The predicted octanol–water partition coefficient (Wildman–Crippen LogP) is 2.32. The smallest absolute Gasteiger partial charge is 0.199 e. The van der Waals surface area contributed by atoms with Gasteiger partial charge in [0.2, 0.25) is 0 Å². The van der Waals surface area contributed by atoms with Crippen LogP contribution in [0.2, 0.25) is 0 Å². The van der Waals surface area contributed by atoms with Crippen LogP contribution in [0.3, 0.4) is 0 Å². The topological polar surface area (TPSA) is 51.0 Å². The van der Waals surface area contributed by atoms with Crippen LogP contribution in [-0.2, 0) is 6.54 Å². The van der Waals surface area contributed by atoms with Gasteiger partial charge in [0.05, 0.1) is 0 Å². The minimum Gasteiger partial charge on any atom is -0.308 e. The van der Waals surface area contributed by atoms with Gasteiger partial charge in [-0.2, -0.15) is 0 Å². The molecular formula is C16H20N4O. The Balaban J connectivity index is 1.60. The average Bonchev–Trinajstić information content (AvgIpc) is 2.99. The number of carbonyl (C=O) groups excluding carboxylic acids is 1. The second-order valence-electron chi connectivity index (χ2n) is 5.61. The largest absolute Gasteiger partial charge is 0.308 e. The molecule has 0 aliphatic carbocycles. The van der Waals surface area contributed by atoms with Crippen molar-refractivity contribution in [3.8, 4) is 0 Å². The molecule has 0 amide bonds. The van der Waals surface area contributed by atoms with Gasteiger partial charge in [-0.05, 0) is 18.4 Å². The van der Waals surface area contributed by atoms with E-state index in [0.29, 0.717) is 11.9 Å². The number of piperidine rings is 1. The SMILES string of the molecule is CC(=O)c1nncn1C1CCN(Cc2ccccc2)CC1. The highest BCUT2D eigenvalue weighted by Crippen LogP contribution is 2.24. The fraction of sp³-hybridized carbons (Fsp3) is 0.438. The van der Waals surface area contributed by atoms with E-state index in [9.17, 15) is 4.79 Å². The zero-order valence-electron chi connectivity index (χ0n) is 12.3. The van der Waals surface area contributed by atoms with Crippen molar-refractivity contribution in [2.24, 2.45) is 0 Å². The highest BCUT2D eigenvalue weighted by molar-refractivity contribution is 5.90. The number of likely N-dealkylation sites (tertiary alicyclic amines) is 1. The second-order valence-corrected chi connectivity index (χ2v) is 5.61. The minimum atomic E-state index is -0.0146.